The number of nitrogen functional groups attached to an aromatic ring is 1. The van der Waals surface area contributed by atoms with E-state index in [9.17, 15) is 0 Å². The maximum atomic E-state index is 6.07. The van der Waals surface area contributed by atoms with Gasteiger partial charge in [-0.3, -0.25) is 4.68 Å². The Labute approximate surface area is 123 Å². The zero-order chi connectivity index (χ0) is 14.4. The average molecular weight is 279 g/mol. The van der Waals surface area contributed by atoms with E-state index in [0.717, 1.165) is 16.8 Å². The Hall–Kier alpha value is -2.56. The van der Waals surface area contributed by atoms with Gasteiger partial charge in [0.25, 0.3) is 0 Å². The molecule has 0 unspecified atom stereocenters. The van der Waals surface area contributed by atoms with Crippen LogP contribution in [0.5, 0.6) is 0 Å². The molecule has 1 aromatic carbocycles. The lowest BCUT2D eigenvalue weighted by Gasteiger charge is -2.08. The van der Waals surface area contributed by atoms with Gasteiger partial charge in [0.1, 0.15) is 5.82 Å². The highest BCUT2D eigenvalue weighted by molar-refractivity contribution is 5.74. The van der Waals surface area contributed by atoms with E-state index in [2.05, 4.69) is 34.5 Å². The second-order valence-corrected chi connectivity index (χ2v) is 5.56. The summed E-state index contributed by atoms with van der Waals surface area (Å²) < 4.78 is 3.72. The first-order valence-electron chi connectivity index (χ1n) is 7.16. The lowest BCUT2D eigenvalue weighted by molar-refractivity contribution is 0.779. The molecule has 1 aliphatic carbocycles. The van der Waals surface area contributed by atoms with Gasteiger partial charge in [0, 0.05) is 30.4 Å². The number of aryl methyl sites for hydroxylation is 1. The highest BCUT2D eigenvalue weighted by Crippen LogP contribution is 2.40. The van der Waals surface area contributed by atoms with Gasteiger partial charge in [0.05, 0.1) is 11.9 Å². The molecule has 2 heterocycles. The highest BCUT2D eigenvalue weighted by atomic mass is 15.3. The molecule has 5 nitrogen and oxygen atoms in total. The van der Waals surface area contributed by atoms with Crippen molar-refractivity contribution in [1.82, 2.24) is 19.6 Å². The predicted octanol–water partition coefficient (Wildman–Crippen LogP) is 2.73. The highest BCUT2D eigenvalue weighted by Gasteiger charge is 2.27. The number of anilines is 1. The first-order valence-corrected chi connectivity index (χ1v) is 7.16. The van der Waals surface area contributed by atoms with Crippen LogP contribution in [0.2, 0.25) is 0 Å². The van der Waals surface area contributed by atoms with Crippen molar-refractivity contribution in [3.63, 3.8) is 0 Å². The van der Waals surface area contributed by atoms with Gasteiger partial charge in [-0.2, -0.15) is 10.2 Å². The van der Waals surface area contributed by atoms with Crippen molar-refractivity contribution >= 4 is 5.82 Å². The second kappa shape index (κ2) is 4.48. The van der Waals surface area contributed by atoms with Gasteiger partial charge in [0.15, 0.2) is 0 Å². The van der Waals surface area contributed by atoms with Crippen LogP contribution in [-0.2, 0) is 7.05 Å². The van der Waals surface area contributed by atoms with Crippen molar-refractivity contribution in [2.24, 2.45) is 7.05 Å². The molecule has 1 aliphatic rings. The van der Waals surface area contributed by atoms with Crippen LogP contribution in [0.1, 0.15) is 24.5 Å². The summed E-state index contributed by atoms with van der Waals surface area (Å²) in [5, 5.41) is 8.68. The van der Waals surface area contributed by atoms with Crippen molar-refractivity contribution in [1.29, 1.82) is 0 Å². The third-order valence-electron chi connectivity index (χ3n) is 4.05. The normalized spacial score (nSPS) is 14.5. The van der Waals surface area contributed by atoms with Crippen molar-refractivity contribution in [3.8, 4) is 16.8 Å². The quantitative estimate of drug-likeness (QED) is 0.802. The minimum atomic E-state index is 0.666. The molecule has 1 saturated carbocycles. The average Bonchev–Trinajstić information content (AvgIpc) is 3.14. The fourth-order valence-corrected chi connectivity index (χ4v) is 2.69. The van der Waals surface area contributed by atoms with E-state index >= 15 is 0 Å². The van der Waals surface area contributed by atoms with Crippen LogP contribution in [0.15, 0.2) is 42.7 Å². The first kappa shape index (κ1) is 12.2. The summed E-state index contributed by atoms with van der Waals surface area (Å²) in [5.41, 5.74) is 10.5. The van der Waals surface area contributed by atoms with Gasteiger partial charge in [-0.05, 0) is 36.6 Å². The van der Waals surface area contributed by atoms with Gasteiger partial charge in [-0.25, -0.2) is 4.68 Å². The molecule has 2 N–H and O–H groups in total. The van der Waals surface area contributed by atoms with Gasteiger partial charge in [-0.1, -0.05) is 12.1 Å². The summed E-state index contributed by atoms with van der Waals surface area (Å²) in [6, 6.07) is 10.4. The number of hydrogen-bond donors (Lipinski definition) is 1. The Morgan fingerprint density at radius 3 is 2.76 bits per heavy atom. The summed E-state index contributed by atoms with van der Waals surface area (Å²) in [5.74, 6) is 1.34. The largest absolute Gasteiger partial charge is 0.383 e. The third-order valence-corrected chi connectivity index (χ3v) is 4.05. The molecule has 106 valence electrons. The summed E-state index contributed by atoms with van der Waals surface area (Å²) >= 11 is 0. The Bertz CT molecular complexity index is 795. The van der Waals surface area contributed by atoms with Crippen molar-refractivity contribution < 1.29 is 0 Å². The zero-order valence-corrected chi connectivity index (χ0v) is 11.9. The third kappa shape index (κ3) is 2.01. The van der Waals surface area contributed by atoms with Gasteiger partial charge in [-0.15, -0.1) is 0 Å². The van der Waals surface area contributed by atoms with Crippen LogP contribution in [0.3, 0.4) is 0 Å². The molecule has 0 amide bonds. The molecular weight excluding hydrogens is 262 g/mol. The monoisotopic (exact) mass is 279 g/mol. The van der Waals surface area contributed by atoms with Gasteiger partial charge < -0.3 is 5.73 Å². The molecule has 2 aromatic heterocycles. The smallest absolute Gasteiger partial charge is 0.129 e. The minimum Gasteiger partial charge on any atom is -0.383 e. The fourth-order valence-electron chi connectivity index (χ4n) is 2.69. The van der Waals surface area contributed by atoms with E-state index in [-0.39, 0.29) is 0 Å². The molecule has 0 aliphatic heterocycles. The number of aromatic nitrogens is 4. The van der Waals surface area contributed by atoms with E-state index in [1.54, 1.807) is 10.9 Å². The van der Waals surface area contributed by atoms with Crippen molar-refractivity contribution in [2.45, 2.75) is 18.8 Å². The molecular formula is C16H17N5. The summed E-state index contributed by atoms with van der Waals surface area (Å²) in [7, 11) is 1.85. The van der Waals surface area contributed by atoms with E-state index < -0.39 is 0 Å². The Kier molecular flexibility index (Phi) is 2.60. The predicted molar refractivity (Wildman–Crippen MR) is 82.2 cm³/mol. The number of nitrogens with zero attached hydrogens (tertiary/aromatic N) is 4. The molecule has 3 aromatic rings. The first-order chi connectivity index (χ1) is 10.2. The maximum Gasteiger partial charge on any atom is 0.129 e. The SMILES string of the molecule is Cn1ncc(-c2cccc(-n3nccc3C3CC3)c2)c1N. The number of benzene rings is 1. The van der Waals surface area contributed by atoms with Crippen molar-refractivity contribution in [2.75, 3.05) is 5.73 Å². The van der Waals surface area contributed by atoms with Gasteiger partial charge in [0.2, 0.25) is 0 Å². The summed E-state index contributed by atoms with van der Waals surface area (Å²) in [6.07, 6.45) is 6.21. The topological polar surface area (TPSA) is 61.7 Å². The Morgan fingerprint density at radius 1 is 1.19 bits per heavy atom. The standard InChI is InChI=1S/C16H17N5/c1-20-16(17)14(10-19-20)12-3-2-4-13(9-12)21-15(7-8-18-21)11-5-6-11/h2-4,7-11H,5-6,17H2,1H3. The van der Waals surface area contributed by atoms with Crippen LogP contribution in [-0.4, -0.2) is 19.6 Å². The van der Waals surface area contributed by atoms with E-state index in [1.807, 2.05) is 24.0 Å². The zero-order valence-electron chi connectivity index (χ0n) is 11.9. The molecule has 1 fully saturated rings. The fraction of sp³-hybridized carbons (Fsp3) is 0.250. The number of rotatable bonds is 3. The molecule has 0 bridgehead atoms. The maximum absolute atomic E-state index is 6.07. The van der Waals surface area contributed by atoms with E-state index in [0.29, 0.717) is 11.7 Å². The molecule has 0 atom stereocenters. The molecule has 0 saturated heterocycles. The van der Waals surface area contributed by atoms with E-state index in [1.165, 1.54) is 18.5 Å². The summed E-state index contributed by atoms with van der Waals surface area (Å²) in [6.45, 7) is 0. The molecule has 4 rings (SSSR count). The van der Waals surface area contributed by atoms with E-state index in [4.69, 9.17) is 5.73 Å². The lowest BCUT2D eigenvalue weighted by Crippen LogP contribution is -2.01. The van der Waals surface area contributed by atoms with Crippen LogP contribution >= 0.6 is 0 Å². The lowest BCUT2D eigenvalue weighted by atomic mass is 10.1. The second-order valence-electron chi connectivity index (χ2n) is 5.56. The van der Waals surface area contributed by atoms with Crippen LogP contribution in [0.25, 0.3) is 16.8 Å². The van der Waals surface area contributed by atoms with Gasteiger partial charge >= 0.3 is 0 Å². The van der Waals surface area contributed by atoms with Crippen LogP contribution in [0, 0.1) is 0 Å². The summed E-state index contributed by atoms with van der Waals surface area (Å²) in [4.78, 5) is 0. The Balaban J connectivity index is 1.79. The number of nitrogens with two attached hydrogens (primary N) is 1. The molecule has 21 heavy (non-hydrogen) atoms. The number of hydrogen-bond acceptors (Lipinski definition) is 3. The van der Waals surface area contributed by atoms with Crippen LogP contribution < -0.4 is 5.73 Å². The van der Waals surface area contributed by atoms with Crippen LogP contribution in [0.4, 0.5) is 5.82 Å². The molecule has 0 spiro atoms. The molecule has 0 radical (unpaired) electrons. The van der Waals surface area contributed by atoms with Crippen molar-refractivity contribution in [3.05, 3.63) is 48.4 Å². The molecule has 5 heteroatoms. The minimum absolute atomic E-state index is 0.666. The Morgan fingerprint density at radius 2 is 2.05 bits per heavy atom.